The molecule has 4 atom stereocenters. The molecule has 252 valence electrons. The number of carbonyl (C=O) groups is 4. The van der Waals surface area contributed by atoms with Crippen LogP contribution < -0.4 is 0 Å². The van der Waals surface area contributed by atoms with Crippen LogP contribution in [0, 0.1) is 20.2 Å². The van der Waals surface area contributed by atoms with Crippen molar-refractivity contribution in [2.75, 3.05) is 25.7 Å². The number of unbranched alkanes of at least 4 members (excludes halogenated alkanes) is 4. The second-order valence-corrected chi connectivity index (χ2v) is 13.2. The largest absolute Gasteiger partial charge is 0.467 e. The quantitative estimate of drug-likeness (QED) is 0.110. The fourth-order valence-corrected chi connectivity index (χ4v) is 8.55. The zero-order chi connectivity index (χ0) is 34.1. The lowest BCUT2D eigenvalue weighted by Gasteiger charge is -2.28. The van der Waals surface area contributed by atoms with Crippen LogP contribution in [0.15, 0.2) is 48.5 Å². The summed E-state index contributed by atoms with van der Waals surface area (Å²) in [6.07, 6.45) is 3.59. The number of nitro benzene ring substituents is 2. The Bertz CT molecular complexity index is 1400. The molecule has 2 heterocycles. The molecule has 2 amide bonds. The number of amides is 2. The van der Waals surface area contributed by atoms with Crippen LogP contribution in [0.3, 0.4) is 0 Å². The van der Waals surface area contributed by atoms with Crippen LogP contribution in [0.5, 0.6) is 0 Å². The maximum absolute atomic E-state index is 13.4. The van der Waals surface area contributed by atoms with E-state index in [1.54, 1.807) is 24.3 Å². The summed E-state index contributed by atoms with van der Waals surface area (Å²) in [5, 5.41) is 21.5. The first-order chi connectivity index (χ1) is 22.6. The van der Waals surface area contributed by atoms with Crippen molar-refractivity contribution in [2.24, 2.45) is 0 Å². The van der Waals surface area contributed by atoms with Gasteiger partial charge in [-0.1, -0.05) is 43.5 Å². The molecule has 4 unspecified atom stereocenters. The maximum atomic E-state index is 13.4. The third-order valence-electron chi connectivity index (χ3n) is 8.04. The average Bonchev–Trinajstić information content (AvgIpc) is 3.73. The summed E-state index contributed by atoms with van der Waals surface area (Å²) in [5.41, 5.74) is 0.929. The number of benzene rings is 2. The smallest absolute Gasteiger partial charge is 0.329 e. The predicted molar refractivity (Wildman–Crippen MR) is 174 cm³/mol. The second kappa shape index (κ2) is 16.6. The molecule has 0 N–H and O–H groups in total. The fraction of sp³-hybridized carbons (Fsp3) is 0.484. The number of nitrogens with zero attached hydrogens (tertiary/aromatic N) is 4. The molecule has 14 nitrogen and oxygen atoms in total. The third-order valence-corrected chi connectivity index (χ3v) is 10.7. The van der Waals surface area contributed by atoms with E-state index in [-0.39, 0.29) is 36.0 Å². The molecule has 0 saturated carbocycles. The molecule has 2 aliphatic rings. The molecule has 2 fully saturated rings. The van der Waals surface area contributed by atoms with E-state index in [0.717, 1.165) is 6.42 Å². The number of hydrogen-bond donors (Lipinski definition) is 0. The number of non-ortho nitro benzene ring substituents is 2. The number of thioether (sulfide) groups is 2. The second-order valence-electron chi connectivity index (χ2n) is 11.0. The van der Waals surface area contributed by atoms with Crippen molar-refractivity contribution in [3.63, 3.8) is 0 Å². The van der Waals surface area contributed by atoms with E-state index in [4.69, 9.17) is 9.47 Å². The lowest BCUT2D eigenvalue weighted by atomic mass is 10.1. The van der Waals surface area contributed by atoms with Crippen LogP contribution in [0.2, 0.25) is 0 Å². The van der Waals surface area contributed by atoms with Crippen molar-refractivity contribution in [1.82, 2.24) is 9.80 Å². The Kier molecular flexibility index (Phi) is 12.6. The molecule has 2 aliphatic heterocycles. The number of nitro groups is 2. The Morgan fingerprint density at radius 3 is 1.45 bits per heavy atom. The highest BCUT2D eigenvalue weighted by atomic mass is 32.2. The number of ether oxygens (including phenoxy) is 2. The lowest BCUT2D eigenvalue weighted by molar-refractivity contribution is -0.385. The van der Waals surface area contributed by atoms with Crippen molar-refractivity contribution >= 4 is 58.7 Å². The van der Waals surface area contributed by atoms with E-state index in [0.29, 0.717) is 48.3 Å². The van der Waals surface area contributed by atoms with Gasteiger partial charge in [0.25, 0.3) is 11.4 Å². The van der Waals surface area contributed by atoms with Gasteiger partial charge in [-0.3, -0.25) is 29.8 Å². The number of hydrogen-bond acceptors (Lipinski definition) is 12. The van der Waals surface area contributed by atoms with Gasteiger partial charge >= 0.3 is 11.9 Å². The highest BCUT2D eigenvalue weighted by Gasteiger charge is 2.44. The number of esters is 2. The predicted octanol–water partition coefficient (Wildman–Crippen LogP) is 5.17. The lowest BCUT2D eigenvalue weighted by Crippen LogP contribution is -2.43. The van der Waals surface area contributed by atoms with Crippen LogP contribution in [-0.2, 0) is 28.7 Å². The minimum atomic E-state index is -0.795. The van der Waals surface area contributed by atoms with Crippen LogP contribution in [0.1, 0.15) is 66.8 Å². The van der Waals surface area contributed by atoms with Gasteiger partial charge in [0.15, 0.2) is 0 Å². The van der Waals surface area contributed by atoms with Gasteiger partial charge in [0, 0.05) is 48.6 Å². The maximum Gasteiger partial charge on any atom is 0.329 e. The van der Waals surface area contributed by atoms with E-state index >= 15 is 0 Å². The van der Waals surface area contributed by atoms with Gasteiger partial charge in [-0.25, -0.2) is 9.59 Å². The molecule has 0 spiro atoms. The molecule has 0 aliphatic carbocycles. The molecular formula is C31H36N4O10S2. The summed E-state index contributed by atoms with van der Waals surface area (Å²) in [6.45, 7) is 0. The van der Waals surface area contributed by atoms with E-state index in [1.807, 2.05) is 0 Å². The number of carbonyl (C=O) groups excluding carboxylic acids is 4. The van der Waals surface area contributed by atoms with Gasteiger partial charge in [0.05, 0.1) is 24.1 Å². The summed E-state index contributed by atoms with van der Waals surface area (Å²) < 4.78 is 9.84. The van der Waals surface area contributed by atoms with Gasteiger partial charge in [-0.05, 0) is 24.0 Å². The normalized spacial score (nSPS) is 20.6. The van der Waals surface area contributed by atoms with E-state index in [1.165, 1.54) is 71.8 Å². The van der Waals surface area contributed by atoms with E-state index in [9.17, 15) is 39.4 Å². The monoisotopic (exact) mass is 688 g/mol. The van der Waals surface area contributed by atoms with Crippen LogP contribution >= 0.6 is 23.5 Å². The first-order valence-electron chi connectivity index (χ1n) is 15.1. The summed E-state index contributed by atoms with van der Waals surface area (Å²) in [6, 6.07) is 10.5. The minimum absolute atomic E-state index is 0.0978. The van der Waals surface area contributed by atoms with Crippen LogP contribution in [0.4, 0.5) is 11.4 Å². The Hall–Kier alpha value is -4.18. The summed E-state index contributed by atoms with van der Waals surface area (Å²) in [7, 11) is 2.51. The molecule has 16 heteroatoms. The van der Waals surface area contributed by atoms with Crippen LogP contribution in [0.25, 0.3) is 0 Å². The highest BCUT2D eigenvalue weighted by Crippen LogP contribution is 2.44. The Balaban J connectivity index is 1.29. The van der Waals surface area contributed by atoms with Gasteiger partial charge < -0.3 is 19.3 Å². The molecule has 2 aromatic rings. The average molecular weight is 689 g/mol. The van der Waals surface area contributed by atoms with Gasteiger partial charge in [-0.15, -0.1) is 23.5 Å². The van der Waals surface area contributed by atoms with E-state index in [2.05, 4.69) is 0 Å². The molecule has 0 aromatic heterocycles. The van der Waals surface area contributed by atoms with Crippen LogP contribution in [-0.4, -0.2) is 81.2 Å². The topological polar surface area (TPSA) is 179 Å². The molecule has 4 rings (SSSR count). The van der Waals surface area contributed by atoms with Gasteiger partial charge in [0.1, 0.15) is 22.8 Å². The fourth-order valence-electron chi connectivity index (χ4n) is 5.70. The Labute approximate surface area is 279 Å². The van der Waals surface area contributed by atoms with Gasteiger partial charge in [0.2, 0.25) is 11.8 Å². The zero-order valence-corrected chi connectivity index (χ0v) is 27.6. The molecule has 0 radical (unpaired) electrons. The van der Waals surface area contributed by atoms with Crippen molar-refractivity contribution in [3.05, 3.63) is 79.9 Å². The zero-order valence-electron chi connectivity index (χ0n) is 26.0. The van der Waals surface area contributed by atoms with E-state index < -0.39 is 44.6 Å². The SMILES string of the molecule is COC(=O)C1CSC(c2cccc([N+](=O)[O-])c2)N1C(=O)CCCCCCCC(=O)N1C(C(=O)OC)CSC1c1cccc([N+](=O)[O-])c1. The van der Waals surface area contributed by atoms with Crippen molar-refractivity contribution in [1.29, 1.82) is 0 Å². The molecular weight excluding hydrogens is 652 g/mol. The number of methoxy groups -OCH3 is 2. The van der Waals surface area contributed by atoms with Crippen molar-refractivity contribution in [2.45, 2.75) is 67.8 Å². The summed E-state index contributed by atoms with van der Waals surface area (Å²) in [5.74, 6) is -0.944. The highest BCUT2D eigenvalue weighted by molar-refractivity contribution is 8.00. The molecule has 47 heavy (non-hydrogen) atoms. The van der Waals surface area contributed by atoms with Crippen molar-refractivity contribution < 1.29 is 38.5 Å². The Morgan fingerprint density at radius 2 is 1.09 bits per heavy atom. The first kappa shape index (κ1) is 35.7. The standard InChI is InChI=1S/C31H36N4O10S2/c1-44-30(38)24-18-46-28(20-10-8-12-22(16-20)34(40)41)32(24)26(36)14-6-4-3-5-7-15-27(37)33-25(31(39)45-2)19-47-29(33)21-11-9-13-23(17-21)35(42)43/h8-13,16-17,24-25,28-29H,3-7,14-15,18-19H2,1-2H3. The minimum Gasteiger partial charge on any atom is -0.467 e. The van der Waals surface area contributed by atoms with Gasteiger partial charge in [-0.2, -0.15) is 0 Å². The number of rotatable bonds is 14. The summed E-state index contributed by atoms with van der Waals surface area (Å²) >= 11 is 2.71. The molecule has 2 aromatic carbocycles. The molecule has 2 saturated heterocycles. The first-order valence-corrected chi connectivity index (χ1v) is 17.2. The Morgan fingerprint density at radius 1 is 0.702 bits per heavy atom. The van der Waals surface area contributed by atoms with Crippen molar-refractivity contribution in [3.8, 4) is 0 Å². The summed E-state index contributed by atoms with van der Waals surface area (Å²) in [4.78, 5) is 76.2. The molecule has 0 bridgehead atoms. The third kappa shape index (κ3) is 8.60.